The van der Waals surface area contributed by atoms with Crippen molar-refractivity contribution in [1.82, 2.24) is 4.90 Å². The number of likely N-dealkylation sites (tertiary alicyclic amines) is 1. The summed E-state index contributed by atoms with van der Waals surface area (Å²) in [5, 5.41) is 21.4. The van der Waals surface area contributed by atoms with E-state index in [0.717, 1.165) is 5.56 Å². The minimum absolute atomic E-state index is 0.0295. The molecule has 0 saturated carbocycles. The van der Waals surface area contributed by atoms with Crippen molar-refractivity contribution < 1.29 is 29.3 Å². The van der Waals surface area contributed by atoms with Crippen LogP contribution in [0.3, 0.4) is 0 Å². The Morgan fingerprint density at radius 1 is 1.14 bits per heavy atom. The smallest absolute Gasteiger partial charge is 0.295 e. The molecule has 1 aliphatic rings. The van der Waals surface area contributed by atoms with E-state index in [9.17, 15) is 19.8 Å². The molecule has 8 heteroatoms. The number of ketones is 1. The number of aromatic hydroxyl groups is 1. The number of methoxy groups -OCH3 is 1. The van der Waals surface area contributed by atoms with Gasteiger partial charge in [-0.15, -0.1) is 0 Å². The van der Waals surface area contributed by atoms with Gasteiger partial charge in [-0.05, 0) is 54.7 Å². The summed E-state index contributed by atoms with van der Waals surface area (Å²) >= 11 is 6.15. The standard InChI is InChI=1S/C27H32ClNO6/c1-6-35-21-11-9-17(14-18(21)27(2,3)4)24(31)22-23(16-8-10-20(30)19(28)15-16)29(12-7-13-34-5)26(33)25(22)32/h8-11,14-15,23,30-31H,6-7,12-13H2,1-5H3/b24-22-. The van der Waals surface area contributed by atoms with E-state index in [0.29, 0.717) is 36.5 Å². The van der Waals surface area contributed by atoms with Crippen LogP contribution >= 0.6 is 11.6 Å². The zero-order chi connectivity index (χ0) is 25.9. The molecule has 35 heavy (non-hydrogen) atoms. The largest absolute Gasteiger partial charge is 0.507 e. The fourth-order valence-electron chi connectivity index (χ4n) is 4.23. The van der Waals surface area contributed by atoms with E-state index >= 15 is 0 Å². The minimum Gasteiger partial charge on any atom is -0.507 e. The van der Waals surface area contributed by atoms with Crippen LogP contribution in [0.25, 0.3) is 5.76 Å². The molecular weight excluding hydrogens is 470 g/mol. The quantitative estimate of drug-likeness (QED) is 0.223. The molecule has 7 nitrogen and oxygen atoms in total. The summed E-state index contributed by atoms with van der Waals surface area (Å²) in [6.07, 6.45) is 0.503. The molecule has 1 atom stereocenters. The van der Waals surface area contributed by atoms with E-state index in [-0.39, 0.29) is 34.1 Å². The number of carbonyl (C=O) groups excluding carboxylic acids is 2. The number of hydrogen-bond acceptors (Lipinski definition) is 6. The zero-order valence-corrected chi connectivity index (χ0v) is 21.5. The van der Waals surface area contributed by atoms with Crippen LogP contribution in [-0.4, -0.2) is 53.7 Å². The van der Waals surface area contributed by atoms with Gasteiger partial charge in [-0.25, -0.2) is 0 Å². The van der Waals surface area contributed by atoms with Gasteiger partial charge in [-0.3, -0.25) is 9.59 Å². The van der Waals surface area contributed by atoms with E-state index in [1.54, 1.807) is 31.4 Å². The van der Waals surface area contributed by atoms with Gasteiger partial charge in [-0.1, -0.05) is 38.4 Å². The second kappa shape index (κ2) is 10.7. The highest BCUT2D eigenvalue weighted by atomic mass is 35.5. The Balaban J connectivity index is 2.20. The molecule has 0 aliphatic carbocycles. The van der Waals surface area contributed by atoms with E-state index in [1.165, 1.54) is 17.0 Å². The van der Waals surface area contributed by atoms with Gasteiger partial charge in [-0.2, -0.15) is 0 Å². The fourth-order valence-corrected chi connectivity index (χ4v) is 4.42. The number of phenols is 1. The molecule has 2 aromatic rings. The number of carbonyl (C=O) groups is 2. The maximum absolute atomic E-state index is 13.2. The third kappa shape index (κ3) is 5.46. The van der Waals surface area contributed by atoms with Crippen LogP contribution in [0.4, 0.5) is 0 Å². The van der Waals surface area contributed by atoms with Crippen LogP contribution in [0.5, 0.6) is 11.5 Å². The topological polar surface area (TPSA) is 96.3 Å². The number of Topliss-reactive ketones (excluding diaryl/α,β-unsaturated/α-hetero) is 1. The molecule has 3 rings (SSSR count). The van der Waals surface area contributed by atoms with Crippen LogP contribution < -0.4 is 4.74 Å². The highest BCUT2D eigenvalue weighted by molar-refractivity contribution is 6.46. The average Bonchev–Trinajstić information content (AvgIpc) is 3.05. The summed E-state index contributed by atoms with van der Waals surface area (Å²) in [6.45, 7) is 9.12. The molecular formula is C27H32ClNO6. The molecule has 0 aromatic heterocycles. The van der Waals surface area contributed by atoms with Gasteiger partial charge in [0.1, 0.15) is 17.3 Å². The Bertz CT molecular complexity index is 1150. The van der Waals surface area contributed by atoms with Gasteiger partial charge in [0.05, 0.1) is 23.2 Å². The summed E-state index contributed by atoms with van der Waals surface area (Å²) in [7, 11) is 1.56. The second-order valence-corrected chi connectivity index (χ2v) is 9.85. The first-order valence-corrected chi connectivity index (χ1v) is 11.9. The van der Waals surface area contributed by atoms with Crippen molar-refractivity contribution in [2.75, 3.05) is 26.9 Å². The second-order valence-electron chi connectivity index (χ2n) is 9.44. The Morgan fingerprint density at radius 2 is 1.86 bits per heavy atom. The minimum atomic E-state index is -0.866. The molecule has 1 fully saturated rings. The molecule has 1 heterocycles. The van der Waals surface area contributed by atoms with Crippen LogP contribution in [0.2, 0.25) is 5.02 Å². The van der Waals surface area contributed by atoms with Crippen molar-refractivity contribution in [3.05, 3.63) is 63.7 Å². The summed E-state index contributed by atoms with van der Waals surface area (Å²) in [5.74, 6) is -1.19. The van der Waals surface area contributed by atoms with Crippen molar-refractivity contribution in [3.63, 3.8) is 0 Å². The van der Waals surface area contributed by atoms with Crippen molar-refractivity contribution >= 4 is 29.1 Å². The monoisotopic (exact) mass is 501 g/mol. The first-order chi connectivity index (χ1) is 16.5. The number of aliphatic hydroxyl groups excluding tert-OH is 1. The van der Waals surface area contributed by atoms with Crippen LogP contribution in [0.1, 0.15) is 56.8 Å². The molecule has 1 aliphatic heterocycles. The number of ether oxygens (including phenoxy) is 2. The number of aliphatic hydroxyl groups is 1. The molecule has 0 radical (unpaired) electrons. The molecule has 1 unspecified atom stereocenters. The van der Waals surface area contributed by atoms with Gasteiger partial charge >= 0.3 is 0 Å². The molecule has 0 spiro atoms. The maximum Gasteiger partial charge on any atom is 0.295 e. The Labute approximate surface area is 210 Å². The number of benzene rings is 2. The van der Waals surface area contributed by atoms with Crippen molar-refractivity contribution in [1.29, 1.82) is 0 Å². The zero-order valence-electron chi connectivity index (χ0n) is 20.7. The molecule has 2 N–H and O–H groups in total. The first-order valence-electron chi connectivity index (χ1n) is 11.5. The van der Waals surface area contributed by atoms with Gasteiger partial charge in [0.2, 0.25) is 0 Å². The molecule has 2 aromatic carbocycles. The first kappa shape index (κ1) is 26.6. The van der Waals surface area contributed by atoms with Gasteiger partial charge in [0.15, 0.2) is 0 Å². The van der Waals surface area contributed by atoms with Crippen molar-refractivity contribution in [2.24, 2.45) is 0 Å². The van der Waals surface area contributed by atoms with Crippen molar-refractivity contribution in [2.45, 2.75) is 45.6 Å². The van der Waals surface area contributed by atoms with Gasteiger partial charge < -0.3 is 24.6 Å². The highest BCUT2D eigenvalue weighted by Gasteiger charge is 2.46. The Hall–Kier alpha value is -3.03. The number of rotatable bonds is 8. The number of phenolic OH excluding ortho intramolecular Hbond substituents is 1. The summed E-state index contributed by atoms with van der Waals surface area (Å²) in [6, 6.07) is 8.86. The van der Waals surface area contributed by atoms with E-state index < -0.39 is 17.7 Å². The number of amides is 1. The molecule has 0 bridgehead atoms. The molecule has 1 amide bonds. The highest BCUT2D eigenvalue weighted by Crippen LogP contribution is 2.42. The number of halogens is 1. The summed E-state index contributed by atoms with van der Waals surface area (Å²) in [4.78, 5) is 27.6. The van der Waals surface area contributed by atoms with E-state index in [2.05, 4.69) is 0 Å². The normalized spacial score (nSPS) is 17.8. The lowest BCUT2D eigenvalue weighted by Gasteiger charge is -2.26. The SMILES string of the molecule is CCOc1ccc(/C(O)=C2/C(=O)C(=O)N(CCCOC)C2c2ccc(O)c(Cl)c2)cc1C(C)(C)C. The van der Waals surface area contributed by atoms with E-state index in [4.69, 9.17) is 21.1 Å². The summed E-state index contributed by atoms with van der Waals surface area (Å²) in [5.41, 5.74) is 1.45. The third-order valence-electron chi connectivity index (χ3n) is 5.94. The fraction of sp³-hybridized carbons (Fsp3) is 0.407. The van der Waals surface area contributed by atoms with Crippen LogP contribution in [-0.2, 0) is 19.7 Å². The maximum atomic E-state index is 13.2. The van der Waals surface area contributed by atoms with Gasteiger partial charge in [0, 0.05) is 31.4 Å². The predicted molar refractivity (Wildman–Crippen MR) is 135 cm³/mol. The molecule has 1 saturated heterocycles. The summed E-state index contributed by atoms with van der Waals surface area (Å²) < 4.78 is 10.9. The van der Waals surface area contributed by atoms with Gasteiger partial charge in [0.25, 0.3) is 11.7 Å². The van der Waals surface area contributed by atoms with E-state index in [1.807, 2.05) is 27.7 Å². The number of hydrogen-bond donors (Lipinski definition) is 2. The lowest BCUT2D eigenvalue weighted by atomic mass is 9.84. The predicted octanol–water partition coefficient (Wildman–Crippen LogP) is 5.20. The van der Waals surface area contributed by atoms with Crippen LogP contribution in [0.15, 0.2) is 42.0 Å². The Morgan fingerprint density at radius 3 is 2.46 bits per heavy atom. The molecule has 188 valence electrons. The number of nitrogens with zero attached hydrogens (tertiary/aromatic N) is 1. The van der Waals surface area contributed by atoms with Crippen LogP contribution in [0, 0.1) is 0 Å². The van der Waals surface area contributed by atoms with Crippen molar-refractivity contribution in [3.8, 4) is 11.5 Å². The lowest BCUT2D eigenvalue weighted by Crippen LogP contribution is -2.31. The average molecular weight is 502 g/mol. The third-order valence-corrected chi connectivity index (χ3v) is 6.24. The lowest BCUT2D eigenvalue weighted by molar-refractivity contribution is -0.140. The Kier molecular flexibility index (Phi) is 8.13.